The molecular weight excluding hydrogens is 447 g/mol. The van der Waals surface area contributed by atoms with E-state index in [1.165, 1.54) is 12.3 Å². The minimum absolute atomic E-state index is 0.00201. The van der Waals surface area contributed by atoms with Crippen LogP contribution in [0.3, 0.4) is 0 Å². The molecule has 0 bridgehead atoms. The predicted octanol–water partition coefficient (Wildman–Crippen LogP) is 4.85. The molecule has 1 aromatic heterocycles. The van der Waals surface area contributed by atoms with E-state index in [1.54, 1.807) is 37.1 Å². The average Bonchev–Trinajstić information content (AvgIpc) is 3.27. The number of carbonyl (C=O) groups excluding carboxylic acids is 2. The molecule has 35 heavy (non-hydrogen) atoms. The molecule has 2 aromatic rings. The second-order valence-electron chi connectivity index (χ2n) is 10.6. The molecule has 6 nitrogen and oxygen atoms in total. The summed E-state index contributed by atoms with van der Waals surface area (Å²) in [6.07, 6.45) is 5.00. The quantitative estimate of drug-likeness (QED) is 0.588. The summed E-state index contributed by atoms with van der Waals surface area (Å²) >= 11 is 0. The van der Waals surface area contributed by atoms with Crippen LogP contribution in [0.15, 0.2) is 41.0 Å². The summed E-state index contributed by atoms with van der Waals surface area (Å²) < 4.78 is 25.7. The molecule has 0 saturated carbocycles. The van der Waals surface area contributed by atoms with E-state index in [2.05, 4.69) is 0 Å². The molecule has 3 heterocycles. The van der Waals surface area contributed by atoms with Crippen LogP contribution in [0, 0.1) is 24.6 Å². The normalized spacial score (nSPS) is 21.5. The van der Waals surface area contributed by atoms with Gasteiger partial charge >= 0.3 is 0 Å². The van der Waals surface area contributed by atoms with Crippen molar-refractivity contribution in [1.29, 1.82) is 0 Å². The van der Waals surface area contributed by atoms with Crippen molar-refractivity contribution < 1.29 is 23.1 Å². The molecule has 2 saturated heterocycles. The number of hydrogen-bond acceptors (Lipinski definition) is 4. The molecule has 1 aromatic carbocycles. The number of furan rings is 1. The van der Waals surface area contributed by atoms with Crippen molar-refractivity contribution >= 4 is 11.8 Å². The Labute approximate surface area is 207 Å². The number of carbonyl (C=O) groups is 2. The number of likely N-dealkylation sites (N-methyl/N-ethyl adjacent to an activating group) is 1. The standard InChI is InChI=1S/C28H37FN2O4/c1-19-23(12-15-34-19)27(33)30(4)25(17-21-7-5-6-8-24(21)29)20-9-13-31(14-10-20)26(32)22-11-16-35-28(2,3)18-22/h5-8,12,15,20,22,25H,9-11,13-14,16-18H2,1-4H3/t22-,25-/m0/s1. The van der Waals surface area contributed by atoms with E-state index in [-0.39, 0.29) is 41.1 Å². The number of aryl methyl sites for hydroxylation is 1. The molecule has 0 N–H and O–H groups in total. The summed E-state index contributed by atoms with van der Waals surface area (Å²) in [7, 11) is 1.79. The minimum atomic E-state index is -0.268. The second-order valence-corrected chi connectivity index (χ2v) is 10.6. The third kappa shape index (κ3) is 5.77. The lowest BCUT2D eigenvalue weighted by Crippen LogP contribution is -2.50. The molecule has 2 atom stereocenters. The van der Waals surface area contributed by atoms with Gasteiger partial charge in [0.05, 0.1) is 17.4 Å². The lowest BCUT2D eigenvalue weighted by molar-refractivity contribution is -0.147. The average molecular weight is 485 g/mol. The van der Waals surface area contributed by atoms with Crippen LogP contribution < -0.4 is 0 Å². The van der Waals surface area contributed by atoms with E-state index < -0.39 is 0 Å². The van der Waals surface area contributed by atoms with Gasteiger partial charge in [-0.1, -0.05) is 18.2 Å². The Morgan fingerprint density at radius 2 is 1.89 bits per heavy atom. The Balaban J connectivity index is 1.48. The summed E-state index contributed by atoms with van der Waals surface area (Å²) in [6, 6.07) is 8.26. The zero-order valence-electron chi connectivity index (χ0n) is 21.3. The maximum Gasteiger partial charge on any atom is 0.257 e. The first-order chi connectivity index (χ1) is 16.7. The number of nitrogens with zero attached hydrogens (tertiary/aromatic N) is 2. The monoisotopic (exact) mass is 484 g/mol. The van der Waals surface area contributed by atoms with Crippen molar-refractivity contribution in [2.45, 2.75) is 64.5 Å². The fourth-order valence-corrected chi connectivity index (χ4v) is 5.66. The maximum absolute atomic E-state index is 14.6. The Bertz CT molecular complexity index is 1040. The van der Waals surface area contributed by atoms with Gasteiger partial charge in [-0.2, -0.15) is 0 Å². The SMILES string of the molecule is Cc1occc1C(=O)N(C)[C@@H](Cc1ccccc1F)C1CCN(C(=O)[C@H]2CCOC(C)(C)C2)CC1. The van der Waals surface area contributed by atoms with E-state index >= 15 is 0 Å². The Morgan fingerprint density at radius 3 is 2.51 bits per heavy atom. The van der Waals surface area contributed by atoms with Gasteiger partial charge in [-0.15, -0.1) is 0 Å². The van der Waals surface area contributed by atoms with Crippen LogP contribution in [0.1, 0.15) is 61.2 Å². The second kappa shape index (κ2) is 10.5. The van der Waals surface area contributed by atoms with Crippen molar-refractivity contribution in [1.82, 2.24) is 9.80 Å². The van der Waals surface area contributed by atoms with Crippen molar-refractivity contribution in [3.05, 3.63) is 59.3 Å². The number of likely N-dealkylation sites (tertiary alicyclic amines) is 1. The minimum Gasteiger partial charge on any atom is -0.469 e. The molecule has 0 radical (unpaired) electrons. The molecule has 2 aliphatic heterocycles. The smallest absolute Gasteiger partial charge is 0.257 e. The first-order valence-corrected chi connectivity index (χ1v) is 12.6. The van der Waals surface area contributed by atoms with Gasteiger partial charge in [0, 0.05) is 38.7 Å². The van der Waals surface area contributed by atoms with Gasteiger partial charge in [-0.25, -0.2) is 4.39 Å². The van der Waals surface area contributed by atoms with Crippen LogP contribution in [-0.4, -0.2) is 60.0 Å². The highest BCUT2D eigenvalue weighted by Crippen LogP contribution is 2.33. The maximum atomic E-state index is 14.6. The van der Waals surface area contributed by atoms with Crippen LogP contribution >= 0.6 is 0 Å². The highest BCUT2D eigenvalue weighted by molar-refractivity contribution is 5.95. The third-order valence-electron chi connectivity index (χ3n) is 7.74. The number of hydrogen-bond donors (Lipinski definition) is 0. The molecule has 2 fully saturated rings. The molecule has 7 heteroatoms. The fourth-order valence-electron chi connectivity index (χ4n) is 5.66. The fraction of sp³-hybridized carbons (Fsp3) is 0.571. The van der Waals surface area contributed by atoms with Crippen LogP contribution in [0.25, 0.3) is 0 Å². The van der Waals surface area contributed by atoms with Gasteiger partial charge in [0.1, 0.15) is 11.6 Å². The molecule has 0 unspecified atom stereocenters. The summed E-state index contributed by atoms with van der Waals surface area (Å²) in [4.78, 5) is 30.3. The van der Waals surface area contributed by atoms with Crippen LogP contribution in [0.5, 0.6) is 0 Å². The van der Waals surface area contributed by atoms with E-state index in [1.807, 2.05) is 24.8 Å². The number of halogens is 1. The first-order valence-electron chi connectivity index (χ1n) is 12.6. The van der Waals surface area contributed by atoms with Gasteiger partial charge in [0.15, 0.2) is 0 Å². The van der Waals surface area contributed by atoms with Gasteiger partial charge in [0.2, 0.25) is 5.91 Å². The van der Waals surface area contributed by atoms with Crippen molar-refractivity contribution in [3.8, 4) is 0 Å². The van der Waals surface area contributed by atoms with E-state index in [4.69, 9.17) is 9.15 Å². The van der Waals surface area contributed by atoms with E-state index in [0.717, 1.165) is 25.7 Å². The summed E-state index contributed by atoms with van der Waals surface area (Å²) in [5.74, 6) is 0.562. The summed E-state index contributed by atoms with van der Waals surface area (Å²) in [6.45, 7) is 7.78. The predicted molar refractivity (Wildman–Crippen MR) is 131 cm³/mol. The highest BCUT2D eigenvalue weighted by atomic mass is 19.1. The third-order valence-corrected chi connectivity index (χ3v) is 7.74. The number of ether oxygens (including phenoxy) is 1. The Kier molecular flexibility index (Phi) is 7.64. The zero-order valence-corrected chi connectivity index (χ0v) is 21.3. The van der Waals surface area contributed by atoms with Crippen molar-refractivity contribution in [2.24, 2.45) is 11.8 Å². The van der Waals surface area contributed by atoms with Crippen LogP contribution in [0.4, 0.5) is 4.39 Å². The number of amides is 2. The summed E-state index contributed by atoms with van der Waals surface area (Å²) in [5.41, 5.74) is 0.862. The lowest BCUT2D eigenvalue weighted by Gasteiger charge is -2.42. The Morgan fingerprint density at radius 1 is 1.17 bits per heavy atom. The van der Waals surface area contributed by atoms with Gasteiger partial charge < -0.3 is 19.0 Å². The van der Waals surface area contributed by atoms with Gasteiger partial charge in [0.25, 0.3) is 5.91 Å². The topological polar surface area (TPSA) is 63.0 Å². The lowest BCUT2D eigenvalue weighted by atomic mass is 9.83. The van der Waals surface area contributed by atoms with Gasteiger partial charge in [-0.3, -0.25) is 9.59 Å². The molecule has 2 amide bonds. The largest absolute Gasteiger partial charge is 0.469 e. The van der Waals surface area contributed by atoms with E-state index in [9.17, 15) is 14.0 Å². The Hall–Kier alpha value is -2.67. The zero-order chi connectivity index (χ0) is 25.2. The highest BCUT2D eigenvalue weighted by Gasteiger charge is 2.38. The molecule has 190 valence electrons. The molecule has 4 rings (SSSR count). The van der Waals surface area contributed by atoms with Gasteiger partial charge in [-0.05, 0) is 76.5 Å². The first kappa shape index (κ1) is 25.4. The molecule has 2 aliphatic rings. The summed E-state index contributed by atoms with van der Waals surface area (Å²) in [5, 5.41) is 0. The molecular formula is C28H37FN2O4. The van der Waals surface area contributed by atoms with Crippen molar-refractivity contribution in [2.75, 3.05) is 26.7 Å². The molecule has 0 spiro atoms. The molecule has 0 aliphatic carbocycles. The number of benzene rings is 1. The van der Waals surface area contributed by atoms with Crippen LogP contribution in [-0.2, 0) is 16.0 Å². The van der Waals surface area contributed by atoms with Crippen LogP contribution in [0.2, 0.25) is 0 Å². The van der Waals surface area contributed by atoms with E-state index in [0.29, 0.717) is 43.0 Å². The van der Waals surface area contributed by atoms with Crippen molar-refractivity contribution in [3.63, 3.8) is 0 Å². The number of piperidine rings is 1. The number of rotatable bonds is 6.